The maximum atomic E-state index is 11.7. The van der Waals surface area contributed by atoms with Crippen LogP contribution in [0, 0.1) is 0 Å². The minimum absolute atomic E-state index is 0.0347. The van der Waals surface area contributed by atoms with Gasteiger partial charge in [-0.25, -0.2) is 8.42 Å². The Morgan fingerprint density at radius 3 is 2.12 bits per heavy atom. The molecule has 0 fully saturated rings. The molecule has 0 aromatic heterocycles. The fraction of sp³-hybridized carbons (Fsp3) is 0.333. The molecule has 0 bridgehead atoms. The Bertz CT molecular complexity index is 423. The molecule has 1 aromatic carbocycles. The van der Waals surface area contributed by atoms with Gasteiger partial charge < -0.3 is 14.4 Å². The second kappa shape index (κ2) is 5.06. The number of benzene rings is 1. The molecule has 90 valence electrons. The maximum Gasteiger partial charge on any atom is 0.492 e. The van der Waals surface area contributed by atoms with Crippen molar-refractivity contribution in [3.8, 4) is 0 Å². The molecule has 0 radical (unpaired) electrons. The van der Waals surface area contributed by atoms with Crippen LogP contribution in [0.15, 0.2) is 35.2 Å². The Balaban J connectivity index is 2.61. The predicted octanol–water partition coefficient (Wildman–Crippen LogP) is -0.234. The molecule has 0 spiro atoms. The minimum Gasteiger partial charge on any atom is -0.390 e. The van der Waals surface area contributed by atoms with Crippen LogP contribution >= 0.6 is 0 Å². The Hall–Kier alpha value is -0.733. The lowest BCUT2D eigenvalue weighted by molar-refractivity contribution is 0.227. The molecule has 16 heavy (non-hydrogen) atoms. The lowest BCUT2D eigenvalue weighted by atomic mass is 10.4. The summed E-state index contributed by atoms with van der Waals surface area (Å²) in [6.45, 7) is 0. The summed E-state index contributed by atoms with van der Waals surface area (Å²) < 4.78 is 23.4. The highest BCUT2D eigenvalue weighted by Crippen LogP contribution is 2.13. The Morgan fingerprint density at radius 2 is 1.62 bits per heavy atom. The van der Waals surface area contributed by atoms with Gasteiger partial charge in [0.15, 0.2) is 9.84 Å². The lowest BCUT2D eigenvalue weighted by Gasteiger charge is -2.09. The van der Waals surface area contributed by atoms with Gasteiger partial charge in [-0.3, -0.25) is 0 Å². The summed E-state index contributed by atoms with van der Waals surface area (Å²) in [4.78, 5) is 26.4. The molecule has 0 atom stereocenters. The topological polar surface area (TPSA) is 94.8 Å². The van der Waals surface area contributed by atoms with E-state index in [0.717, 1.165) is 0 Å². The highest BCUT2D eigenvalue weighted by Gasteiger charge is 2.27. The van der Waals surface area contributed by atoms with Crippen molar-refractivity contribution in [1.82, 2.24) is 0 Å². The summed E-state index contributed by atoms with van der Waals surface area (Å²) in [5, 5.41) is 0. The predicted molar refractivity (Wildman–Crippen MR) is 60.3 cm³/mol. The molecule has 0 amide bonds. The fourth-order valence-electron chi connectivity index (χ4n) is 1.25. The van der Waals surface area contributed by atoms with E-state index in [-0.39, 0.29) is 23.1 Å². The molecular weight excluding hydrogens is 248 g/mol. The number of hydrogen-bond donors (Lipinski definition) is 3. The van der Waals surface area contributed by atoms with E-state index < -0.39 is 18.6 Å². The molecule has 1 rings (SSSR count). The standard InChI is InChI=1S/C9H14O5SSi/c10-15(11,7-4-8-16(12,13)14)9-5-2-1-3-6-9/h1-3,5-6,12-14H,4,7-8H2. The van der Waals surface area contributed by atoms with Crippen molar-refractivity contribution in [3.63, 3.8) is 0 Å². The van der Waals surface area contributed by atoms with E-state index in [2.05, 4.69) is 0 Å². The van der Waals surface area contributed by atoms with E-state index in [9.17, 15) is 8.42 Å². The molecular formula is C9H14O5SSi. The largest absolute Gasteiger partial charge is 0.492 e. The van der Waals surface area contributed by atoms with Crippen LogP contribution in [0.1, 0.15) is 6.42 Å². The first-order chi connectivity index (χ1) is 7.31. The molecule has 0 aliphatic heterocycles. The van der Waals surface area contributed by atoms with Gasteiger partial charge in [0, 0.05) is 6.04 Å². The average Bonchev–Trinajstić information content (AvgIpc) is 2.17. The van der Waals surface area contributed by atoms with Gasteiger partial charge in [-0.05, 0) is 18.6 Å². The van der Waals surface area contributed by atoms with Crippen LogP contribution in [-0.2, 0) is 9.84 Å². The summed E-state index contributed by atoms with van der Waals surface area (Å²) in [6.07, 6.45) is 0.0347. The average molecular weight is 262 g/mol. The third-order valence-electron chi connectivity index (χ3n) is 2.03. The monoisotopic (exact) mass is 262 g/mol. The van der Waals surface area contributed by atoms with Gasteiger partial charge in [0.25, 0.3) is 0 Å². The van der Waals surface area contributed by atoms with Crippen molar-refractivity contribution in [1.29, 1.82) is 0 Å². The highest BCUT2D eigenvalue weighted by molar-refractivity contribution is 7.91. The second-order valence-corrected chi connectivity index (χ2v) is 7.67. The minimum atomic E-state index is -4.12. The van der Waals surface area contributed by atoms with E-state index in [4.69, 9.17) is 14.4 Å². The molecule has 0 saturated heterocycles. The molecule has 1 aromatic rings. The van der Waals surface area contributed by atoms with Crippen LogP contribution in [0.5, 0.6) is 0 Å². The third kappa shape index (κ3) is 4.41. The van der Waals surface area contributed by atoms with E-state index in [1.165, 1.54) is 12.1 Å². The maximum absolute atomic E-state index is 11.7. The van der Waals surface area contributed by atoms with Crippen LogP contribution < -0.4 is 0 Å². The van der Waals surface area contributed by atoms with Crippen molar-refractivity contribution < 1.29 is 22.8 Å². The van der Waals surface area contributed by atoms with Gasteiger partial charge >= 0.3 is 8.80 Å². The van der Waals surface area contributed by atoms with Gasteiger partial charge in [-0.1, -0.05) is 18.2 Å². The van der Waals surface area contributed by atoms with Crippen LogP contribution in [0.4, 0.5) is 0 Å². The first kappa shape index (κ1) is 13.3. The van der Waals surface area contributed by atoms with Crippen molar-refractivity contribution >= 4 is 18.6 Å². The van der Waals surface area contributed by atoms with Crippen LogP contribution in [0.3, 0.4) is 0 Å². The molecule has 0 saturated carbocycles. The molecule has 0 aliphatic rings. The van der Waals surface area contributed by atoms with E-state index >= 15 is 0 Å². The Kier molecular flexibility index (Phi) is 4.22. The zero-order valence-corrected chi connectivity index (χ0v) is 10.4. The summed E-state index contributed by atoms with van der Waals surface area (Å²) >= 11 is 0. The highest BCUT2D eigenvalue weighted by atomic mass is 32.2. The first-order valence-corrected chi connectivity index (χ1v) is 8.46. The number of sulfone groups is 1. The summed E-state index contributed by atoms with van der Waals surface area (Å²) in [7, 11) is -7.52. The van der Waals surface area contributed by atoms with Crippen molar-refractivity contribution in [3.05, 3.63) is 30.3 Å². The quantitative estimate of drug-likeness (QED) is 0.637. The second-order valence-electron chi connectivity index (χ2n) is 3.51. The molecule has 0 aliphatic carbocycles. The zero-order chi connectivity index (χ0) is 12.2. The SMILES string of the molecule is O=S(=O)(CCC[Si](O)(O)O)c1ccccc1. The number of rotatable bonds is 5. The van der Waals surface area contributed by atoms with E-state index in [1.807, 2.05) is 0 Å². The van der Waals surface area contributed by atoms with Crippen molar-refractivity contribution in [2.45, 2.75) is 17.4 Å². The van der Waals surface area contributed by atoms with E-state index in [0.29, 0.717) is 0 Å². The van der Waals surface area contributed by atoms with Crippen LogP contribution in [0.2, 0.25) is 6.04 Å². The molecule has 7 heteroatoms. The Labute approximate surface area is 95.3 Å². The van der Waals surface area contributed by atoms with Gasteiger partial charge in [0.05, 0.1) is 10.6 Å². The van der Waals surface area contributed by atoms with Gasteiger partial charge in [-0.15, -0.1) is 0 Å². The fourth-order valence-corrected chi connectivity index (χ4v) is 3.48. The summed E-state index contributed by atoms with van der Waals surface area (Å²) in [6, 6.07) is 7.66. The van der Waals surface area contributed by atoms with Gasteiger partial charge in [0.2, 0.25) is 0 Å². The van der Waals surface area contributed by atoms with Crippen molar-refractivity contribution in [2.24, 2.45) is 0 Å². The van der Waals surface area contributed by atoms with Crippen molar-refractivity contribution in [2.75, 3.05) is 5.75 Å². The van der Waals surface area contributed by atoms with E-state index in [1.54, 1.807) is 18.2 Å². The summed E-state index contributed by atoms with van der Waals surface area (Å²) in [5.41, 5.74) is 0. The third-order valence-corrected chi connectivity index (χ3v) is 4.87. The Morgan fingerprint density at radius 1 is 1.06 bits per heavy atom. The molecule has 0 unspecified atom stereocenters. The van der Waals surface area contributed by atoms with Gasteiger partial charge in [0.1, 0.15) is 0 Å². The molecule has 0 heterocycles. The normalized spacial score (nSPS) is 12.7. The van der Waals surface area contributed by atoms with Crippen LogP contribution in [0.25, 0.3) is 0 Å². The smallest absolute Gasteiger partial charge is 0.390 e. The van der Waals surface area contributed by atoms with Crippen LogP contribution in [-0.4, -0.2) is 37.4 Å². The zero-order valence-electron chi connectivity index (χ0n) is 8.57. The number of hydrogen-bond acceptors (Lipinski definition) is 5. The first-order valence-electron chi connectivity index (χ1n) is 4.76. The van der Waals surface area contributed by atoms with Gasteiger partial charge in [-0.2, -0.15) is 0 Å². The molecule has 3 N–H and O–H groups in total. The summed E-state index contributed by atoms with van der Waals surface area (Å²) in [5.74, 6) is -0.201. The lowest BCUT2D eigenvalue weighted by Crippen LogP contribution is -2.34. The molecule has 5 nitrogen and oxygen atoms in total.